The van der Waals surface area contributed by atoms with Crippen LogP contribution in [-0.4, -0.2) is 19.1 Å². The van der Waals surface area contributed by atoms with Gasteiger partial charge in [-0.05, 0) is 24.3 Å². The van der Waals surface area contributed by atoms with E-state index in [9.17, 15) is 4.79 Å². The lowest BCUT2D eigenvalue weighted by molar-refractivity contribution is 0.249. The van der Waals surface area contributed by atoms with E-state index in [1.165, 1.54) is 11.3 Å². The fourth-order valence-corrected chi connectivity index (χ4v) is 2.83. The van der Waals surface area contributed by atoms with E-state index >= 15 is 0 Å². The second-order valence-corrected chi connectivity index (χ2v) is 5.58. The highest BCUT2D eigenvalue weighted by Crippen LogP contribution is 2.31. The van der Waals surface area contributed by atoms with Gasteiger partial charge in [0, 0.05) is 18.0 Å². The highest BCUT2D eigenvalue weighted by Gasteiger charge is 2.18. The summed E-state index contributed by atoms with van der Waals surface area (Å²) in [5, 5.41) is 5.82. The summed E-state index contributed by atoms with van der Waals surface area (Å²) in [6.07, 6.45) is 1.63. The Bertz CT molecular complexity index is 527. The van der Waals surface area contributed by atoms with E-state index < -0.39 is 6.03 Å². The maximum Gasteiger partial charge on any atom is 0.312 e. The number of primary amides is 1. The maximum atomic E-state index is 10.6. The van der Waals surface area contributed by atoms with Crippen molar-refractivity contribution >= 4 is 29.0 Å². The second kappa shape index (κ2) is 6.60. The molecule has 0 aliphatic rings. The Morgan fingerprint density at radius 1 is 1.42 bits per heavy atom. The normalized spacial score (nSPS) is 12.3. The van der Waals surface area contributed by atoms with Crippen LogP contribution in [0.2, 0.25) is 4.34 Å². The van der Waals surface area contributed by atoms with Crippen LogP contribution in [0.3, 0.4) is 0 Å². The first kappa shape index (κ1) is 13.9. The highest BCUT2D eigenvalue weighted by molar-refractivity contribution is 7.16. The molecule has 2 rings (SSSR count). The molecule has 102 valence electrons. The lowest BCUT2D eigenvalue weighted by atomic mass is 10.2. The molecule has 2 heterocycles. The lowest BCUT2D eigenvalue weighted by Gasteiger charge is -2.15. The van der Waals surface area contributed by atoms with Crippen molar-refractivity contribution in [1.82, 2.24) is 10.6 Å². The van der Waals surface area contributed by atoms with Crippen molar-refractivity contribution in [3.63, 3.8) is 0 Å². The zero-order chi connectivity index (χ0) is 13.7. The van der Waals surface area contributed by atoms with Gasteiger partial charge in [-0.3, -0.25) is 0 Å². The molecule has 0 bridgehead atoms. The van der Waals surface area contributed by atoms with Gasteiger partial charge in [-0.1, -0.05) is 11.6 Å². The molecule has 5 nitrogen and oxygen atoms in total. The standard InChI is InChI=1S/C12H14ClN3O2S/c13-10-4-3-9(19-10)11(8-2-1-7-18-8)15-5-6-16-12(14)17/h1-4,7,11,15H,5-6H2,(H3,14,16,17). The number of rotatable bonds is 6. The summed E-state index contributed by atoms with van der Waals surface area (Å²) < 4.78 is 6.15. The van der Waals surface area contributed by atoms with Crippen molar-refractivity contribution in [3.8, 4) is 0 Å². The third kappa shape index (κ3) is 3.99. The smallest absolute Gasteiger partial charge is 0.312 e. The monoisotopic (exact) mass is 299 g/mol. The van der Waals surface area contributed by atoms with Gasteiger partial charge in [-0.2, -0.15) is 0 Å². The van der Waals surface area contributed by atoms with Gasteiger partial charge in [0.25, 0.3) is 0 Å². The van der Waals surface area contributed by atoms with E-state index in [4.69, 9.17) is 21.8 Å². The molecule has 19 heavy (non-hydrogen) atoms. The highest BCUT2D eigenvalue weighted by atomic mass is 35.5. The zero-order valence-corrected chi connectivity index (χ0v) is 11.6. The number of halogens is 1. The van der Waals surface area contributed by atoms with Gasteiger partial charge in [-0.25, -0.2) is 4.79 Å². The third-order valence-electron chi connectivity index (χ3n) is 2.48. The number of nitrogens with two attached hydrogens (primary N) is 1. The number of hydrogen-bond donors (Lipinski definition) is 3. The van der Waals surface area contributed by atoms with E-state index in [1.807, 2.05) is 24.3 Å². The summed E-state index contributed by atoms with van der Waals surface area (Å²) in [5.74, 6) is 0.803. The number of nitrogens with one attached hydrogen (secondary N) is 2. The van der Waals surface area contributed by atoms with Crippen LogP contribution in [0.1, 0.15) is 16.7 Å². The van der Waals surface area contributed by atoms with Crippen molar-refractivity contribution in [2.75, 3.05) is 13.1 Å². The Morgan fingerprint density at radius 2 is 2.26 bits per heavy atom. The number of furan rings is 1. The fourth-order valence-electron chi connectivity index (χ4n) is 1.68. The first-order valence-electron chi connectivity index (χ1n) is 5.72. The van der Waals surface area contributed by atoms with E-state index in [-0.39, 0.29) is 6.04 Å². The molecular weight excluding hydrogens is 286 g/mol. The van der Waals surface area contributed by atoms with Gasteiger partial charge in [0.2, 0.25) is 0 Å². The molecule has 0 saturated heterocycles. The molecule has 2 aromatic heterocycles. The minimum Gasteiger partial charge on any atom is -0.467 e. The van der Waals surface area contributed by atoms with Crippen LogP contribution < -0.4 is 16.4 Å². The minimum absolute atomic E-state index is 0.0813. The first-order valence-corrected chi connectivity index (χ1v) is 6.91. The van der Waals surface area contributed by atoms with E-state index in [0.29, 0.717) is 13.1 Å². The Labute approximate surface area is 119 Å². The van der Waals surface area contributed by atoms with Crippen LogP contribution in [0, 0.1) is 0 Å². The van der Waals surface area contributed by atoms with E-state index in [1.54, 1.807) is 6.26 Å². The van der Waals surface area contributed by atoms with Gasteiger partial charge < -0.3 is 20.8 Å². The SMILES string of the molecule is NC(=O)NCCNC(c1ccco1)c1ccc(Cl)s1. The van der Waals surface area contributed by atoms with Crippen LogP contribution in [0.4, 0.5) is 4.79 Å². The molecule has 1 unspecified atom stereocenters. The molecule has 7 heteroatoms. The summed E-state index contributed by atoms with van der Waals surface area (Å²) >= 11 is 7.44. The largest absolute Gasteiger partial charge is 0.467 e. The van der Waals surface area contributed by atoms with Gasteiger partial charge in [0.1, 0.15) is 11.8 Å². The summed E-state index contributed by atoms with van der Waals surface area (Å²) in [6, 6.07) is 6.92. The average molecular weight is 300 g/mol. The molecule has 0 aliphatic carbocycles. The molecule has 0 radical (unpaired) electrons. The molecule has 1 atom stereocenters. The zero-order valence-electron chi connectivity index (χ0n) is 10.1. The predicted molar refractivity (Wildman–Crippen MR) is 75.5 cm³/mol. The Morgan fingerprint density at radius 3 is 2.84 bits per heavy atom. The number of urea groups is 1. The number of carbonyl (C=O) groups excluding carboxylic acids is 1. The Kier molecular flexibility index (Phi) is 4.84. The van der Waals surface area contributed by atoms with Crippen molar-refractivity contribution in [2.45, 2.75) is 6.04 Å². The summed E-state index contributed by atoms with van der Waals surface area (Å²) in [6.45, 7) is 1.02. The first-order chi connectivity index (χ1) is 9.16. The van der Waals surface area contributed by atoms with Crippen molar-refractivity contribution < 1.29 is 9.21 Å². The molecule has 0 spiro atoms. The fraction of sp³-hybridized carbons (Fsp3) is 0.250. The second-order valence-electron chi connectivity index (χ2n) is 3.84. The quantitative estimate of drug-likeness (QED) is 0.716. The molecule has 2 amide bonds. The summed E-state index contributed by atoms with van der Waals surface area (Å²) in [4.78, 5) is 11.7. The minimum atomic E-state index is -0.532. The van der Waals surface area contributed by atoms with Crippen LogP contribution in [-0.2, 0) is 0 Å². The molecule has 0 aliphatic heterocycles. The molecule has 2 aromatic rings. The molecule has 0 aromatic carbocycles. The maximum absolute atomic E-state index is 10.6. The van der Waals surface area contributed by atoms with Gasteiger partial charge in [0.05, 0.1) is 10.6 Å². The summed E-state index contributed by atoms with van der Waals surface area (Å²) in [5.41, 5.74) is 5.01. The van der Waals surface area contributed by atoms with Crippen LogP contribution in [0.25, 0.3) is 0 Å². The Hall–Kier alpha value is -1.50. The van der Waals surface area contributed by atoms with Crippen LogP contribution in [0.5, 0.6) is 0 Å². The topological polar surface area (TPSA) is 80.3 Å². The van der Waals surface area contributed by atoms with E-state index in [0.717, 1.165) is 15.0 Å². The van der Waals surface area contributed by atoms with Gasteiger partial charge in [-0.15, -0.1) is 11.3 Å². The van der Waals surface area contributed by atoms with Crippen molar-refractivity contribution in [1.29, 1.82) is 0 Å². The van der Waals surface area contributed by atoms with Gasteiger partial charge >= 0.3 is 6.03 Å². The van der Waals surface area contributed by atoms with Crippen molar-refractivity contribution in [3.05, 3.63) is 45.5 Å². The van der Waals surface area contributed by atoms with E-state index in [2.05, 4.69) is 10.6 Å². The lowest BCUT2D eigenvalue weighted by Crippen LogP contribution is -2.36. The molecule has 4 N–H and O–H groups in total. The number of carbonyl (C=O) groups is 1. The van der Waals surface area contributed by atoms with Crippen LogP contribution in [0.15, 0.2) is 34.9 Å². The predicted octanol–water partition coefficient (Wildman–Crippen LogP) is 2.34. The van der Waals surface area contributed by atoms with Crippen molar-refractivity contribution in [2.24, 2.45) is 5.73 Å². The third-order valence-corrected chi connectivity index (χ3v) is 3.77. The summed E-state index contributed by atoms with van der Waals surface area (Å²) in [7, 11) is 0. The molecular formula is C12H14ClN3O2S. The molecule has 0 fully saturated rings. The molecule has 0 saturated carbocycles. The van der Waals surface area contributed by atoms with Gasteiger partial charge in [0.15, 0.2) is 0 Å². The number of amides is 2. The average Bonchev–Trinajstić information content (AvgIpc) is 3.00. The van der Waals surface area contributed by atoms with Crippen LogP contribution >= 0.6 is 22.9 Å². The Balaban J connectivity index is 2.01. The number of hydrogen-bond acceptors (Lipinski definition) is 4. The number of thiophene rings is 1.